The summed E-state index contributed by atoms with van der Waals surface area (Å²) in [6.45, 7) is 3.41. The van der Waals surface area contributed by atoms with Crippen LogP contribution in [0, 0.1) is 0 Å². The normalized spacial score (nSPS) is 25.1. The number of hydrogen-bond acceptors (Lipinski definition) is 3. The Bertz CT molecular complexity index is 284. The Morgan fingerprint density at radius 1 is 1.50 bits per heavy atom. The van der Waals surface area contributed by atoms with E-state index in [1.807, 2.05) is 11.3 Å². The van der Waals surface area contributed by atoms with Gasteiger partial charge in [0.05, 0.1) is 0 Å². The molecule has 1 aliphatic carbocycles. The molecular weight excluding hydrogens is 234 g/mol. The fourth-order valence-electron chi connectivity index (χ4n) is 2.37. The predicted molar refractivity (Wildman–Crippen MR) is 75.6 cm³/mol. The minimum absolute atomic E-state index is 0.781. The van der Waals surface area contributed by atoms with E-state index in [-0.39, 0.29) is 0 Å². The lowest BCUT2D eigenvalue weighted by atomic mass is 10.2. The second-order valence-corrected chi connectivity index (χ2v) is 6.98. The first-order valence-corrected chi connectivity index (χ1v) is 8.18. The van der Waals surface area contributed by atoms with Gasteiger partial charge in [-0.1, -0.05) is 13.0 Å². The molecule has 2 unspecified atom stereocenters. The Morgan fingerprint density at radius 3 is 3.19 bits per heavy atom. The molecule has 0 saturated heterocycles. The highest BCUT2D eigenvalue weighted by atomic mass is 32.2. The summed E-state index contributed by atoms with van der Waals surface area (Å²) >= 11 is 4.01. The molecule has 1 aromatic rings. The van der Waals surface area contributed by atoms with Crippen LogP contribution in [0.4, 0.5) is 0 Å². The first-order chi connectivity index (χ1) is 7.88. The number of rotatable bonds is 6. The van der Waals surface area contributed by atoms with Gasteiger partial charge in [0.1, 0.15) is 0 Å². The summed E-state index contributed by atoms with van der Waals surface area (Å²) in [7, 11) is 0. The maximum absolute atomic E-state index is 3.70. The van der Waals surface area contributed by atoms with Crippen LogP contribution in [0.3, 0.4) is 0 Å². The van der Waals surface area contributed by atoms with Gasteiger partial charge in [-0.2, -0.15) is 11.8 Å². The first kappa shape index (κ1) is 12.5. The maximum Gasteiger partial charge on any atom is 0.00781 e. The molecule has 2 rings (SSSR count). The lowest BCUT2D eigenvalue weighted by molar-refractivity contribution is 0.530. The van der Waals surface area contributed by atoms with Crippen LogP contribution in [0.25, 0.3) is 0 Å². The molecule has 1 fully saturated rings. The van der Waals surface area contributed by atoms with Crippen molar-refractivity contribution in [2.24, 2.45) is 0 Å². The van der Waals surface area contributed by atoms with Crippen LogP contribution in [0.2, 0.25) is 0 Å². The third-order valence-electron chi connectivity index (χ3n) is 3.17. The van der Waals surface area contributed by atoms with Crippen molar-refractivity contribution < 1.29 is 0 Å². The van der Waals surface area contributed by atoms with Crippen LogP contribution in [-0.2, 0) is 6.42 Å². The van der Waals surface area contributed by atoms with E-state index < -0.39 is 0 Å². The molecule has 1 heterocycles. The van der Waals surface area contributed by atoms with Crippen LogP contribution >= 0.6 is 23.1 Å². The third-order valence-corrected chi connectivity index (χ3v) is 5.34. The zero-order chi connectivity index (χ0) is 11.2. The molecule has 1 saturated carbocycles. The lowest BCUT2D eigenvalue weighted by Gasteiger charge is -2.12. The molecule has 0 amide bonds. The van der Waals surface area contributed by atoms with Gasteiger partial charge in [-0.3, -0.25) is 0 Å². The van der Waals surface area contributed by atoms with Crippen molar-refractivity contribution in [2.75, 3.05) is 12.3 Å². The highest BCUT2D eigenvalue weighted by Crippen LogP contribution is 2.29. The Balaban J connectivity index is 1.60. The van der Waals surface area contributed by atoms with E-state index in [0.29, 0.717) is 0 Å². The van der Waals surface area contributed by atoms with Crippen LogP contribution in [-0.4, -0.2) is 23.6 Å². The number of nitrogens with one attached hydrogen (secondary N) is 1. The van der Waals surface area contributed by atoms with Gasteiger partial charge in [0.25, 0.3) is 0 Å². The molecule has 0 spiro atoms. The van der Waals surface area contributed by atoms with Gasteiger partial charge >= 0.3 is 0 Å². The van der Waals surface area contributed by atoms with Crippen molar-refractivity contribution in [3.05, 3.63) is 22.4 Å². The molecule has 1 aromatic heterocycles. The second kappa shape index (κ2) is 6.67. The van der Waals surface area contributed by atoms with Crippen molar-refractivity contribution in [3.8, 4) is 0 Å². The van der Waals surface area contributed by atoms with Crippen LogP contribution in [0.5, 0.6) is 0 Å². The lowest BCUT2D eigenvalue weighted by Crippen LogP contribution is -2.28. The van der Waals surface area contributed by atoms with Crippen LogP contribution < -0.4 is 5.32 Å². The van der Waals surface area contributed by atoms with E-state index in [1.165, 1.54) is 36.3 Å². The van der Waals surface area contributed by atoms with E-state index in [9.17, 15) is 0 Å². The summed E-state index contributed by atoms with van der Waals surface area (Å²) in [6.07, 6.45) is 5.36. The van der Waals surface area contributed by atoms with E-state index in [4.69, 9.17) is 0 Å². The summed E-state index contributed by atoms with van der Waals surface area (Å²) in [4.78, 5) is 1.50. The summed E-state index contributed by atoms with van der Waals surface area (Å²) < 4.78 is 0. The SMILES string of the molecule is CCSC1CCC(NCCc2cccs2)C1. The minimum atomic E-state index is 0.781. The summed E-state index contributed by atoms with van der Waals surface area (Å²) in [5.41, 5.74) is 0. The number of hydrogen-bond donors (Lipinski definition) is 1. The van der Waals surface area contributed by atoms with Gasteiger partial charge in [-0.15, -0.1) is 11.3 Å². The van der Waals surface area contributed by atoms with Gasteiger partial charge in [-0.25, -0.2) is 0 Å². The molecule has 16 heavy (non-hydrogen) atoms. The molecule has 1 aliphatic rings. The van der Waals surface area contributed by atoms with Crippen molar-refractivity contribution in [1.82, 2.24) is 5.32 Å². The molecule has 90 valence electrons. The number of thiophene rings is 1. The average Bonchev–Trinajstić information content (AvgIpc) is 2.90. The van der Waals surface area contributed by atoms with Crippen molar-refractivity contribution in [3.63, 3.8) is 0 Å². The first-order valence-electron chi connectivity index (χ1n) is 6.26. The maximum atomic E-state index is 3.70. The van der Waals surface area contributed by atoms with E-state index in [0.717, 1.165) is 17.8 Å². The zero-order valence-corrected chi connectivity index (χ0v) is 11.6. The largest absolute Gasteiger partial charge is 0.314 e. The van der Waals surface area contributed by atoms with Crippen molar-refractivity contribution in [1.29, 1.82) is 0 Å². The van der Waals surface area contributed by atoms with Crippen molar-refractivity contribution >= 4 is 23.1 Å². The standard InChI is InChI=1S/C13H21NS2/c1-2-15-13-6-5-11(10-13)14-8-7-12-4-3-9-16-12/h3-4,9,11,13-14H,2,5-8,10H2,1H3. The molecule has 0 aromatic carbocycles. The predicted octanol–water partition coefficient (Wildman–Crippen LogP) is 3.55. The van der Waals surface area contributed by atoms with Crippen molar-refractivity contribution in [2.45, 2.75) is 43.9 Å². The Morgan fingerprint density at radius 2 is 2.44 bits per heavy atom. The van der Waals surface area contributed by atoms with Gasteiger partial charge in [0, 0.05) is 22.7 Å². The van der Waals surface area contributed by atoms with Gasteiger partial charge in [-0.05, 0) is 42.9 Å². The zero-order valence-electron chi connectivity index (χ0n) is 9.95. The van der Waals surface area contributed by atoms with Gasteiger partial charge < -0.3 is 5.32 Å². The van der Waals surface area contributed by atoms with E-state index in [1.54, 1.807) is 0 Å². The molecule has 1 nitrogen and oxygen atoms in total. The number of thioether (sulfide) groups is 1. The Labute approximate surface area is 107 Å². The average molecular weight is 255 g/mol. The summed E-state index contributed by atoms with van der Waals surface area (Å²) in [6, 6.07) is 5.16. The van der Waals surface area contributed by atoms with E-state index >= 15 is 0 Å². The fourth-order valence-corrected chi connectivity index (χ4v) is 4.22. The summed E-state index contributed by atoms with van der Waals surface area (Å²) in [5, 5.41) is 6.79. The summed E-state index contributed by atoms with van der Waals surface area (Å²) in [5.74, 6) is 1.27. The molecule has 0 bridgehead atoms. The molecular formula is C13H21NS2. The second-order valence-electron chi connectivity index (χ2n) is 4.37. The monoisotopic (exact) mass is 255 g/mol. The van der Waals surface area contributed by atoms with Gasteiger partial charge in [0.2, 0.25) is 0 Å². The highest BCUT2D eigenvalue weighted by Gasteiger charge is 2.23. The molecule has 1 N–H and O–H groups in total. The minimum Gasteiger partial charge on any atom is -0.314 e. The molecule has 0 aliphatic heterocycles. The quantitative estimate of drug-likeness (QED) is 0.834. The van der Waals surface area contributed by atoms with Crippen LogP contribution in [0.15, 0.2) is 17.5 Å². The van der Waals surface area contributed by atoms with E-state index in [2.05, 4.69) is 41.5 Å². The third kappa shape index (κ3) is 3.79. The van der Waals surface area contributed by atoms with Gasteiger partial charge in [0.15, 0.2) is 0 Å². The molecule has 2 atom stereocenters. The Hall–Kier alpha value is 0.01000. The molecule has 0 radical (unpaired) electrons. The highest BCUT2D eigenvalue weighted by molar-refractivity contribution is 7.99. The smallest absolute Gasteiger partial charge is 0.00781 e. The topological polar surface area (TPSA) is 12.0 Å². The fraction of sp³-hybridized carbons (Fsp3) is 0.692. The molecule has 3 heteroatoms. The van der Waals surface area contributed by atoms with Crippen LogP contribution in [0.1, 0.15) is 31.1 Å². The Kier molecular flexibility index (Phi) is 5.20.